The number of nitrogens with zero attached hydrogens (tertiary/aromatic N) is 1. The second-order valence-electron chi connectivity index (χ2n) is 2.78. The molecular weight excluding hydrogens is 233 g/mol. The van der Waals surface area contributed by atoms with Crippen molar-refractivity contribution in [2.24, 2.45) is 0 Å². The van der Waals surface area contributed by atoms with Gasteiger partial charge in [-0.2, -0.15) is 0 Å². The number of ether oxygens (including phenoxy) is 1. The van der Waals surface area contributed by atoms with Crippen molar-refractivity contribution < 1.29 is 22.8 Å². The van der Waals surface area contributed by atoms with E-state index in [4.69, 9.17) is 0 Å². The summed E-state index contributed by atoms with van der Waals surface area (Å²) < 4.78 is 39.1. The Morgan fingerprint density at radius 1 is 1.50 bits per heavy atom. The minimum Gasteiger partial charge on any atom is -0.405 e. The summed E-state index contributed by atoms with van der Waals surface area (Å²) in [5.74, 6) is -1.75. The molecule has 0 fully saturated rings. The van der Waals surface area contributed by atoms with Gasteiger partial charge in [0.15, 0.2) is 0 Å². The molecule has 0 aliphatic carbocycles. The van der Waals surface area contributed by atoms with Crippen LogP contribution in [-0.2, 0) is 0 Å². The number of hydrogen-bond donors (Lipinski definition) is 1. The number of halogens is 3. The molecule has 0 unspecified atom stereocenters. The molecule has 88 valence electrons. The Morgan fingerprint density at radius 3 is 2.50 bits per heavy atom. The number of aromatic amines is 1. The van der Waals surface area contributed by atoms with E-state index in [0.29, 0.717) is 6.07 Å². The summed E-state index contributed by atoms with van der Waals surface area (Å²) in [7, 11) is 0. The van der Waals surface area contributed by atoms with Gasteiger partial charge in [-0.15, -0.1) is 13.2 Å². The van der Waals surface area contributed by atoms with Crippen LogP contribution in [0.3, 0.4) is 0 Å². The average molecular weight is 238 g/mol. The number of rotatable bonds is 2. The summed E-state index contributed by atoms with van der Waals surface area (Å²) in [4.78, 5) is 22.1. The number of pyridine rings is 1. The molecule has 16 heavy (non-hydrogen) atoms. The summed E-state index contributed by atoms with van der Waals surface area (Å²) in [6.07, 6.45) is -5.01. The van der Waals surface area contributed by atoms with Crippen molar-refractivity contribution in [1.29, 1.82) is 0 Å². The Labute approximate surface area is 85.8 Å². The highest BCUT2D eigenvalue weighted by molar-refractivity contribution is 5.37. The van der Waals surface area contributed by atoms with Crippen LogP contribution in [0.15, 0.2) is 10.9 Å². The van der Waals surface area contributed by atoms with Gasteiger partial charge in [-0.05, 0) is 11.8 Å². The molecule has 6 nitrogen and oxygen atoms in total. The van der Waals surface area contributed by atoms with E-state index in [0.717, 1.165) is 6.92 Å². The van der Waals surface area contributed by atoms with Crippen LogP contribution >= 0.6 is 0 Å². The molecule has 1 heterocycles. The number of hydrogen-bond acceptors (Lipinski definition) is 4. The second-order valence-corrected chi connectivity index (χ2v) is 2.78. The van der Waals surface area contributed by atoms with E-state index in [-0.39, 0.29) is 5.56 Å². The summed E-state index contributed by atoms with van der Waals surface area (Å²) in [6, 6.07) is 0.504. The highest BCUT2D eigenvalue weighted by Gasteiger charge is 2.33. The van der Waals surface area contributed by atoms with Gasteiger partial charge in [0.2, 0.25) is 0 Å². The minimum atomic E-state index is -5.01. The van der Waals surface area contributed by atoms with E-state index < -0.39 is 28.4 Å². The van der Waals surface area contributed by atoms with Crippen LogP contribution in [0.1, 0.15) is 5.56 Å². The van der Waals surface area contributed by atoms with Crippen LogP contribution in [0.2, 0.25) is 0 Å². The Bertz CT molecular complexity index is 480. The monoisotopic (exact) mass is 238 g/mol. The molecule has 1 aromatic rings. The first-order valence-electron chi connectivity index (χ1n) is 3.85. The van der Waals surface area contributed by atoms with E-state index in [1.165, 1.54) is 0 Å². The molecule has 0 spiro atoms. The van der Waals surface area contributed by atoms with Crippen molar-refractivity contribution in [3.05, 3.63) is 32.1 Å². The van der Waals surface area contributed by atoms with Crippen molar-refractivity contribution in [2.75, 3.05) is 0 Å². The fourth-order valence-corrected chi connectivity index (χ4v) is 0.920. The van der Waals surface area contributed by atoms with Crippen LogP contribution < -0.4 is 10.3 Å². The van der Waals surface area contributed by atoms with Gasteiger partial charge < -0.3 is 14.9 Å². The molecule has 0 atom stereocenters. The first-order valence-corrected chi connectivity index (χ1v) is 3.85. The van der Waals surface area contributed by atoms with Gasteiger partial charge in [-0.3, -0.25) is 0 Å². The number of H-pyrrole nitrogens is 1. The minimum absolute atomic E-state index is 0.386. The van der Waals surface area contributed by atoms with Crippen molar-refractivity contribution in [2.45, 2.75) is 13.3 Å². The fourth-order valence-electron chi connectivity index (χ4n) is 0.920. The highest BCUT2D eigenvalue weighted by atomic mass is 19.4. The quantitative estimate of drug-likeness (QED) is 0.624. The lowest BCUT2D eigenvalue weighted by atomic mass is 10.3. The molecule has 0 amide bonds. The van der Waals surface area contributed by atoms with E-state index in [2.05, 4.69) is 4.74 Å². The van der Waals surface area contributed by atoms with Crippen molar-refractivity contribution in [3.63, 3.8) is 0 Å². The Hall–Kier alpha value is -2.06. The molecule has 1 rings (SSSR count). The van der Waals surface area contributed by atoms with Gasteiger partial charge in [0.05, 0.1) is 11.6 Å². The normalized spacial score (nSPS) is 11.2. The molecule has 0 aromatic carbocycles. The molecular formula is C7H5F3N2O4. The molecule has 0 aliphatic rings. The SMILES string of the molecule is Cc1c(OC(F)(F)F)cc([N+](=O)[O-])[nH]c1=O. The molecule has 1 N–H and O–H groups in total. The maximum absolute atomic E-state index is 11.9. The molecule has 0 saturated heterocycles. The van der Waals surface area contributed by atoms with Crippen molar-refractivity contribution >= 4 is 5.82 Å². The molecule has 1 aromatic heterocycles. The predicted molar refractivity (Wildman–Crippen MR) is 45.1 cm³/mol. The smallest absolute Gasteiger partial charge is 0.405 e. The third-order valence-electron chi connectivity index (χ3n) is 1.64. The number of nitro groups is 1. The first kappa shape index (κ1) is 12.0. The van der Waals surface area contributed by atoms with E-state index >= 15 is 0 Å². The Kier molecular flexibility index (Phi) is 2.88. The summed E-state index contributed by atoms with van der Waals surface area (Å²) >= 11 is 0. The zero-order valence-electron chi connectivity index (χ0n) is 7.79. The van der Waals surface area contributed by atoms with Gasteiger partial charge >= 0.3 is 17.7 Å². The molecule has 0 saturated carbocycles. The maximum Gasteiger partial charge on any atom is 0.573 e. The third kappa shape index (κ3) is 2.72. The number of alkyl halides is 3. The Balaban J connectivity index is 3.28. The zero-order valence-corrected chi connectivity index (χ0v) is 7.79. The van der Waals surface area contributed by atoms with Gasteiger partial charge in [0.25, 0.3) is 0 Å². The second kappa shape index (κ2) is 3.83. The van der Waals surface area contributed by atoms with Crippen molar-refractivity contribution in [1.82, 2.24) is 4.98 Å². The lowest BCUT2D eigenvalue weighted by Gasteiger charge is -2.09. The fraction of sp³-hybridized carbons (Fsp3) is 0.286. The summed E-state index contributed by atoms with van der Waals surface area (Å²) in [5.41, 5.74) is -1.39. The average Bonchev–Trinajstić information content (AvgIpc) is 2.10. The largest absolute Gasteiger partial charge is 0.573 e. The first-order chi connectivity index (χ1) is 7.20. The zero-order chi connectivity index (χ0) is 12.5. The van der Waals surface area contributed by atoms with Crippen molar-refractivity contribution in [3.8, 4) is 5.75 Å². The van der Waals surface area contributed by atoms with E-state index in [1.54, 1.807) is 4.98 Å². The highest BCUT2D eigenvalue weighted by Crippen LogP contribution is 2.26. The van der Waals surface area contributed by atoms with E-state index in [1.807, 2.05) is 0 Å². The molecule has 0 radical (unpaired) electrons. The lowest BCUT2D eigenvalue weighted by Crippen LogP contribution is -2.21. The molecule has 9 heteroatoms. The van der Waals surface area contributed by atoms with Crippen LogP contribution in [0, 0.1) is 17.0 Å². The number of nitrogens with one attached hydrogen (secondary N) is 1. The van der Waals surface area contributed by atoms with Crippen LogP contribution in [-0.4, -0.2) is 16.3 Å². The summed E-state index contributed by atoms with van der Waals surface area (Å²) in [5, 5.41) is 10.3. The lowest BCUT2D eigenvalue weighted by molar-refractivity contribution is -0.389. The van der Waals surface area contributed by atoms with Crippen LogP contribution in [0.4, 0.5) is 19.0 Å². The predicted octanol–water partition coefficient (Wildman–Crippen LogP) is 1.49. The standard InChI is InChI=1S/C7H5F3N2O4/c1-3-4(16-7(8,9)10)2-5(12(14)15)11-6(3)13/h2H,1H3,(H,11,13). The van der Waals surface area contributed by atoms with Gasteiger partial charge in [-0.1, -0.05) is 0 Å². The van der Waals surface area contributed by atoms with Gasteiger partial charge in [0.1, 0.15) is 5.75 Å². The van der Waals surface area contributed by atoms with E-state index in [9.17, 15) is 28.1 Å². The molecule has 0 aliphatic heterocycles. The van der Waals surface area contributed by atoms with Crippen LogP contribution in [0.5, 0.6) is 5.75 Å². The number of aromatic nitrogens is 1. The van der Waals surface area contributed by atoms with Gasteiger partial charge in [-0.25, -0.2) is 9.78 Å². The maximum atomic E-state index is 11.9. The molecule has 0 bridgehead atoms. The Morgan fingerprint density at radius 2 is 2.06 bits per heavy atom. The summed E-state index contributed by atoms with van der Waals surface area (Å²) in [6.45, 7) is 1.06. The third-order valence-corrected chi connectivity index (χ3v) is 1.64. The van der Waals surface area contributed by atoms with Crippen LogP contribution in [0.25, 0.3) is 0 Å². The topological polar surface area (TPSA) is 85.2 Å². The van der Waals surface area contributed by atoms with Gasteiger partial charge in [0, 0.05) is 0 Å².